The molecule has 2 heteroatoms. The van der Waals surface area contributed by atoms with Crippen LogP contribution in [-0.4, -0.2) is 23.9 Å². The van der Waals surface area contributed by atoms with Crippen molar-refractivity contribution in [1.82, 2.24) is 0 Å². The standard InChI is InChI=1S/C26H42O2/c1-18(2)28-16-14-20(4)24-12-13-25-21(7-6-15-26(24,25)5)9-10-22-17-23(27)11-8-19(22)3/h9-10,18,20,23-25,27H,3,6-8,11-17H2,1-2,4-5H3/b21-9+,22-10-/t20-,23+,24-,25+,26-/m1/s1. The largest absolute Gasteiger partial charge is 0.393 e. The van der Waals surface area contributed by atoms with Gasteiger partial charge in [-0.2, -0.15) is 0 Å². The van der Waals surface area contributed by atoms with E-state index in [-0.39, 0.29) is 6.10 Å². The number of hydrogen-bond donors (Lipinski definition) is 1. The Labute approximate surface area is 173 Å². The van der Waals surface area contributed by atoms with Crippen LogP contribution in [0.5, 0.6) is 0 Å². The highest BCUT2D eigenvalue weighted by Gasteiger charge is 2.50. The Bertz CT molecular complexity index is 614. The molecule has 3 saturated carbocycles. The number of hydrogen-bond acceptors (Lipinski definition) is 2. The zero-order valence-corrected chi connectivity index (χ0v) is 18.7. The number of rotatable bonds is 6. The summed E-state index contributed by atoms with van der Waals surface area (Å²) in [5.41, 5.74) is 4.60. The molecule has 3 aliphatic carbocycles. The molecule has 0 heterocycles. The van der Waals surface area contributed by atoms with Crippen molar-refractivity contribution in [3.05, 3.63) is 35.5 Å². The highest BCUT2D eigenvalue weighted by molar-refractivity contribution is 5.36. The normalized spacial score (nSPS) is 37.6. The SMILES string of the molecule is C=C1CC[C@H](O)C/C1=C/C=C1\CCC[C@]2(C)[C@@H]([C@H](C)CCOC(C)C)CC[C@@H]12. The first-order valence-electron chi connectivity index (χ1n) is 11.7. The lowest BCUT2D eigenvalue weighted by molar-refractivity contribution is 0.0437. The molecule has 3 rings (SSSR count). The Morgan fingerprint density at radius 2 is 1.96 bits per heavy atom. The van der Waals surface area contributed by atoms with Gasteiger partial charge in [-0.25, -0.2) is 0 Å². The second kappa shape index (κ2) is 9.30. The molecule has 2 nitrogen and oxygen atoms in total. The predicted octanol–water partition coefficient (Wildman–Crippen LogP) is 6.61. The Kier molecular flexibility index (Phi) is 7.26. The van der Waals surface area contributed by atoms with Gasteiger partial charge in [0.2, 0.25) is 0 Å². The van der Waals surface area contributed by atoms with Gasteiger partial charge in [-0.05, 0) is 100 Å². The number of aliphatic hydroxyl groups is 1. The third-order valence-corrected chi connectivity index (χ3v) is 7.94. The minimum absolute atomic E-state index is 0.184. The van der Waals surface area contributed by atoms with Crippen LogP contribution in [-0.2, 0) is 4.74 Å². The smallest absolute Gasteiger partial charge is 0.0583 e. The summed E-state index contributed by atoms with van der Waals surface area (Å²) >= 11 is 0. The maximum atomic E-state index is 10.0. The van der Waals surface area contributed by atoms with Gasteiger partial charge in [0.15, 0.2) is 0 Å². The van der Waals surface area contributed by atoms with E-state index in [1.807, 2.05) is 0 Å². The molecule has 0 spiro atoms. The Balaban J connectivity index is 1.70. The van der Waals surface area contributed by atoms with E-state index in [4.69, 9.17) is 4.74 Å². The van der Waals surface area contributed by atoms with Crippen molar-refractivity contribution in [3.8, 4) is 0 Å². The van der Waals surface area contributed by atoms with Crippen LogP contribution in [0.25, 0.3) is 0 Å². The minimum Gasteiger partial charge on any atom is -0.393 e. The first-order chi connectivity index (χ1) is 13.3. The van der Waals surface area contributed by atoms with Gasteiger partial charge in [-0.15, -0.1) is 0 Å². The third-order valence-electron chi connectivity index (χ3n) is 7.94. The average Bonchev–Trinajstić information content (AvgIpc) is 2.99. The summed E-state index contributed by atoms with van der Waals surface area (Å²) in [4.78, 5) is 0. The van der Waals surface area contributed by atoms with E-state index in [1.54, 1.807) is 5.57 Å². The Morgan fingerprint density at radius 3 is 2.71 bits per heavy atom. The van der Waals surface area contributed by atoms with Gasteiger partial charge < -0.3 is 9.84 Å². The van der Waals surface area contributed by atoms with Crippen LogP contribution in [0.1, 0.15) is 85.5 Å². The molecule has 3 aliphatic rings. The van der Waals surface area contributed by atoms with E-state index < -0.39 is 0 Å². The molecule has 0 aromatic carbocycles. The summed E-state index contributed by atoms with van der Waals surface area (Å²) in [7, 11) is 0. The third kappa shape index (κ3) is 4.82. The number of fused-ring (bicyclic) bond motifs is 1. The fourth-order valence-corrected chi connectivity index (χ4v) is 6.30. The molecule has 0 aliphatic heterocycles. The molecule has 0 radical (unpaired) electrons. The minimum atomic E-state index is -0.184. The lowest BCUT2D eigenvalue weighted by Gasteiger charge is -2.44. The monoisotopic (exact) mass is 386 g/mol. The van der Waals surface area contributed by atoms with E-state index in [0.29, 0.717) is 11.5 Å². The molecular formula is C26H42O2. The molecule has 0 aromatic rings. The molecule has 1 N–H and O–H groups in total. The van der Waals surface area contributed by atoms with Crippen molar-refractivity contribution in [2.24, 2.45) is 23.2 Å². The van der Waals surface area contributed by atoms with Crippen LogP contribution >= 0.6 is 0 Å². The van der Waals surface area contributed by atoms with E-state index in [0.717, 1.165) is 43.6 Å². The Hall–Kier alpha value is -0.860. The molecule has 158 valence electrons. The topological polar surface area (TPSA) is 29.5 Å². The van der Waals surface area contributed by atoms with Gasteiger partial charge >= 0.3 is 0 Å². The summed E-state index contributed by atoms with van der Waals surface area (Å²) in [6, 6.07) is 0. The lowest BCUT2D eigenvalue weighted by atomic mass is 9.61. The van der Waals surface area contributed by atoms with Crippen LogP contribution in [0, 0.1) is 23.2 Å². The molecule has 0 aromatic heterocycles. The predicted molar refractivity (Wildman–Crippen MR) is 118 cm³/mol. The van der Waals surface area contributed by atoms with Crippen molar-refractivity contribution >= 4 is 0 Å². The van der Waals surface area contributed by atoms with Crippen LogP contribution in [0.15, 0.2) is 35.5 Å². The fourth-order valence-electron chi connectivity index (χ4n) is 6.30. The van der Waals surface area contributed by atoms with E-state index in [2.05, 4.69) is 46.4 Å². The van der Waals surface area contributed by atoms with E-state index >= 15 is 0 Å². The van der Waals surface area contributed by atoms with Gasteiger partial charge in [0.25, 0.3) is 0 Å². The molecule has 0 saturated heterocycles. The number of aliphatic hydroxyl groups excluding tert-OH is 1. The summed E-state index contributed by atoms with van der Waals surface area (Å²) in [5.74, 6) is 2.29. The van der Waals surface area contributed by atoms with Crippen LogP contribution in [0.4, 0.5) is 0 Å². The molecule has 3 fully saturated rings. The summed E-state index contributed by atoms with van der Waals surface area (Å²) in [5, 5.41) is 10.0. The first-order valence-corrected chi connectivity index (χ1v) is 11.7. The highest BCUT2D eigenvalue weighted by atomic mass is 16.5. The van der Waals surface area contributed by atoms with Gasteiger partial charge in [-0.3, -0.25) is 0 Å². The van der Waals surface area contributed by atoms with Crippen LogP contribution in [0.3, 0.4) is 0 Å². The molecule has 28 heavy (non-hydrogen) atoms. The van der Waals surface area contributed by atoms with Gasteiger partial charge in [0.05, 0.1) is 12.2 Å². The average molecular weight is 387 g/mol. The van der Waals surface area contributed by atoms with E-state index in [9.17, 15) is 5.11 Å². The second-order valence-electron chi connectivity index (χ2n) is 10.2. The highest BCUT2D eigenvalue weighted by Crippen LogP contribution is 2.59. The molecule has 0 unspecified atom stereocenters. The van der Waals surface area contributed by atoms with Crippen molar-refractivity contribution in [2.45, 2.75) is 97.7 Å². The summed E-state index contributed by atoms with van der Waals surface area (Å²) in [6.45, 7) is 14.4. The molecule has 0 amide bonds. The maximum absolute atomic E-state index is 10.0. The fraction of sp³-hybridized carbons (Fsp3) is 0.769. The Morgan fingerprint density at radius 1 is 1.18 bits per heavy atom. The number of ether oxygens (including phenoxy) is 1. The maximum Gasteiger partial charge on any atom is 0.0583 e. The first kappa shape index (κ1) is 21.8. The molecule has 0 bridgehead atoms. The lowest BCUT2D eigenvalue weighted by Crippen LogP contribution is -2.36. The second-order valence-corrected chi connectivity index (χ2v) is 10.2. The summed E-state index contributed by atoms with van der Waals surface area (Å²) < 4.78 is 5.84. The van der Waals surface area contributed by atoms with Crippen molar-refractivity contribution in [3.63, 3.8) is 0 Å². The van der Waals surface area contributed by atoms with Crippen LogP contribution < -0.4 is 0 Å². The van der Waals surface area contributed by atoms with Crippen molar-refractivity contribution in [2.75, 3.05) is 6.61 Å². The summed E-state index contributed by atoms with van der Waals surface area (Å²) in [6.07, 6.45) is 15.3. The molecule has 5 atom stereocenters. The van der Waals surface area contributed by atoms with Gasteiger partial charge in [0, 0.05) is 6.61 Å². The van der Waals surface area contributed by atoms with Crippen molar-refractivity contribution in [1.29, 1.82) is 0 Å². The zero-order valence-electron chi connectivity index (χ0n) is 18.7. The van der Waals surface area contributed by atoms with Gasteiger partial charge in [-0.1, -0.05) is 43.7 Å². The van der Waals surface area contributed by atoms with Crippen LogP contribution in [0.2, 0.25) is 0 Å². The van der Waals surface area contributed by atoms with Crippen molar-refractivity contribution < 1.29 is 9.84 Å². The molecular weight excluding hydrogens is 344 g/mol. The zero-order chi connectivity index (χ0) is 20.3. The number of allylic oxidation sites excluding steroid dienone is 4. The quantitative estimate of drug-likeness (QED) is 0.556. The van der Waals surface area contributed by atoms with E-state index in [1.165, 1.54) is 49.7 Å². The van der Waals surface area contributed by atoms with Gasteiger partial charge in [0.1, 0.15) is 0 Å².